The molecule has 4 atom stereocenters. The largest absolute Gasteiger partial charge is 0.497 e. The van der Waals surface area contributed by atoms with Crippen LogP contribution in [0.4, 0.5) is 17.1 Å². The highest BCUT2D eigenvalue weighted by Crippen LogP contribution is 2.58. The number of Topliss-reactive ketones (excluding diaryl/α,β-unsaturated/α-hetero) is 2. The summed E-state index contributed by atoms with van der Waals surface area (Å²) in [6.07, 6.45) is 1.99. The molecule has 1 saturated heterocycles. The van der Waals surface area contributed by atoms with Gasteiger partial charge in [-0.25, -0.2) is 0 Å². The molecular weight excluding hydrogens is 558 g/mol. The van der Waals surface area contributed by atoms with E-state index >= 15 is 0 Å². The Bertz CT molecular complexity index is 1900. The Kier molecular flexibility index (Phi) is 6.21. The number of hydrogen-bond acceptors (Lipinski definition) is 7. The quantitative estimate of drug-likeness (QED) is 0.171. The predicted octanol–water partition coefficient (Wildman–Crippen LogP) is 5.85. The number of methoxy groups -OCH3 is 1. The zero-order valence-corrected chi connectivity index (χ0v) is 23.9. The monoisotopic (exact) mass is 585 g/mol. The molecule has 1 spiro atoms. The molecule has 1 N–H and O–H groups in total. The fourth-order valence-electron chi connectivity index (χ4n) is 7.24. The van der Waals surface area contributed by atoms with Gasteiger partial charge in [0.2, 0.25) is 5.91 Å². The molecule has 4 unspecified atom stereocenters. The summed E-state index contributed by atoms with van der Waals surface area (Å²) >= 11 is 0. The topological polar surface area (TPSA) is 119 Å². The number of ketones is 2. The summed E-state index contributed by atoms with van der Waals surface area (Å²) in [6.45, 7) is 1.97. The molecule has 0 radical (unpaired) electrons. The van der Waals surface area contributed by atoms with Crippen LogP contribution in [0.25, 0.3) is 5.57 Å². The van der Waals surface area contributed by atoms with Crippen molar-refractivity contribution in [2.24, 2.45) is 5.92 Å². The maximum Gasteiger partial charge on any atom is 0.269 e. The standard InChI is InChI=1S/C35H27N3O6/c1-20-19-29-35(26-8-4-5-9-27(26)36-34(35)41)30(32(39)21-13-17-24(44-2)18-14-21)31(37(29)28-10-6-3-7-25(20)28)33(40)22-11-15-23(16-12-22)38(42)43/h3-19,29-31H,1-2H3,(H,36,41). The number of rotatable bonds is 6. The molecular formula is C35H27N3O6. The molecule has 4 aromatic rings. The molecule has 218 valence electrons. The molecule has 0 bridgehead atoms. The van der Waals surface area contributed by atoms with Crippen LogP contribution in [0.1, 0.15) is 38.8 Å². The van der Waals surface area contributed by atoms with E-state index in [-0.39, 0.29) is 22.9 Å². The Balaban J connectivity index is 1.52. The van der Waals surface area contributed by atoms with Crippen LogP contribution in [0, 0.1) is 16.0 Å². The predicted molar refractivity (Wildman–Crippen MR) is 165 cm³/mol. The summed E-state index contributed by atoms with van der Waals surface area (Å²) in [5, 5.41) is 14.4. The Morgan fingerprint density at radius 1 is 0.886 bits per heavy atom. The van der Waals surface area contributed by atoms with Crippen molar-refractivity contribution in [2.75, 3.05) is 17.3 Å². The van der Waals surface area contributed by atoms with Crippen LogP contribution in [-0.4, -0.2) is 41.6 Å². The lowest BCUT2D eigenvalue weighted by atomic mass is 9.64. The average molecular weight is 586 g/mol. The lowest BCUT2D eigenvalue weighted by Gasteiger charge is -2.39. The summed E-state index contributed by atoms with van der Waals surface area (Å²) in [7, 11) is 1.53. The van der Waals surface area contributed by atoms with Crippen molar-refractivity contribution in [2.45, 2.75) is 24.4 Å². The van der Waals surface area contributed by atoms with E-state index in [4.69, 9.17) is 4.74 Å². The van der Waals surface area contributed by atoms with Gasteiger partial charge in [-0.2, -0.15) is 0 Å². The minimum atomic E-state index is -1.45. The Morgan fingerprint density at radius 2 is 1.52 bits per heavy atom. The van der Waals surface area contributed by atoms with E-state index in [1.54, 1.807) is 30.3 Å². The van der Waals surface area contributed by atoms with Crippen LogP contribution in [0.15, 0.2) is 103 Å². The zero-order chi connectivity index (χ0) is 30.7. The van der Waals surface area contributed by atoms with Gasteiger partial charge in [-0.1, -0.05) is 42.5 Å². The van der Waals surface area contributed by atoms with Gasteiger partial charge < -0.3 is 15.0 Å². The van der Waals surface area contributed by atoms with Gasteiger partial charge in [0.25, 0.3) is 5.69 Å². The molecule has 9 heteroatoms. The highest BCUT2D eigenvalue weighted by atomic mass is 16.6. The Hall–Kier alpha value is -5.57. The lowest BCUT2D eigenvalue weighted by Crippen LogP contribution is -2.51. The van der Waals surface area contributed by atoms with Gasteiger partial charge >= 0.3 is 0 Å². The van der Waals surface area contributed by atoms with Crippen molar-refractivity contribution >= 4 is 40.1 Å². The number of nitro benzene ring substituents is 1. The first-order valence-electron chi connectivity index (χ1n) is 14.2. The highest BCUT2D eigenvalue weighted by molar-refractivity contribution is 6.18. The number of hydrogen-bond donors (Lipinski definition) is 1. The van der Waals surface area contributed by atoms with Crippen LogP contribution >= 0.6 is 0 Å². The number of anilines is 2. The number of amides is 1. The van der Waals surface area contributed by atoms with Crippen molar-refractivity contribution < 1.29 is 24.0 Å². The van der Waals surface area contributed by atoms with Crippen LogP contribution in [0.3, 0.4) is 0 Å². The van der Waals surface area contributed by atoms with Gasteiger partial charge in [0.05, 0.1) is 24.0 Å². The first kappa shape index (κ1) is 27.3. The number of fused-ring (bicyclic) bond motifs is 6. The first-order valence-corrected chi connectivity index (χ1v) is 14.2. The number of non-ortho nitro benzene ring substituents is 1. The molecule has 0 aliphatic carbocycles. The number of nitrogens with zero attached hydrogens (tertiary/aromatic N) is 2. The van der Waals surface area contributed by atoms with E-state index in [2.05, 4.69) is 5.32 Å². The van der Waals surface area contributed by atoms with E-state index < -0.39 is 34.1 Å². The molecule has 1 fully saturated rings. The van der Waals surface area contributed by atoms with Crippen LogP contribution in [-0.2, 0) is 10.2 Å². The number of ether oxygens (including phenoxy) is 1. The third kappa shape index (κ3) is 3.75. The Labute approximate surface area is 252 Å². The minimum Gasteiger partial charge on any atom is -0.497 e. The van der Waals surface area contributed by atoms with Crippen molar-refractivity contribution in [1.29, 1.82) is 0 Å². The molecule has 1 amide bonds. The van der Waals surface area contributed by atoms with Crippen LogP contribution < -0.4 is 15.0 Å². The Morgan fingerprint density at radius 3 is 2.23 bits per heavy atom. The number of benzene rings is 4. The number of allylic oxidation sites excluding steroid dienone is 1. The molecule has 44 heavy (non-hydrogen) atoms. The summed E-state index contributed by atoms with van der Waals surface area (Å²) in [5.74, 6) is -1.72. The third-order valence-corrected chi connectivity index (χ3v) is 9.17. The summed E-state index contributed by atoms with van der Waals surface area (Å²) in [6, 6.07) is 25.2. The van der Waals surface area contributed by atoms with Gasteiger partial charge in [-0.3, -0.25) is 24.5 Å². The van der Waals surface area contributed by atoms with E-state index in [9.17, 15) is 24.5 Å². The minimum absolute atomic E-state index is 0.154. The van der Waals surface area contributed by atoms with Gasteiger partial charge in [0, 0.05) is 40.2 Å². The van der Waals surface area contributed by atoms with Gasteiger partial charge in [-0.05, 0) is 66.6 Å². The summed E-state index contributed by atoms with van der Waals surface area (Å²) in [4.78, 5) is 56.9. The van der Waals surface area contributed by atoms with Crippen molar-refractivity contribution in [3.63, 3.8) is 0 Å². The summed E-state index contributed by atoms with van der Waals surface area (Å²) in [5.41, 5.74) is 2.74. The fourth-order valence-corrected chi connectivity index (χ4v) is 7.24. The molecule has 3 aliphatic heterocycles. The number of nitrogens with one attached hydrogen (secondary N) is 1. The second kappa shape index (κ2) is 10.0. The highest BCUT2D eigenvalue weighted by Gasteiger charge is 2.70. The molecule has 3 heterocycles. The molecule has 3 aliphatic rings. The second-order valence-electron chi connectivity index (χ2n) is 11.3. The van der Waals surface area contributed by atoms with Gasteiger partial charge in [0.1, 0.15) is 17.2 Å². The number of carbonyl (C=O) groups excluding carboxylic acids is 3. The van der Waals surface area contributed by atoms with E-state index in [1.807, 2.05) is 60.4 Å². The van der Waals surface area contributed by atoms with E-state index in [1.165, 1.54) is 31.4 Å². The normalized spacial score (nSPS) is 22.9. The van der Waals surface area contributed by atoms with E-state index in [0.29, 0.717) is 22.6 Å². The summed E-state index contributed by atoms with van der Waals surface area (Å²) < 4.78 is 5.31. The van der Waals surface area contributed by atoms with Gasteiger partial charge in [-0.15, -0.1) is 0 Å². The van der Waals surface area contributed by atoms with Crippen molar-refractivity contribution in [1.82, 2.24) is 0 Å². The third-order valence-electron chi connectivity index (χ3n) is 9.17. The molecule has 9 nitrogen and oxygen atoms in total. The maximum atomic E-state index is 14.9. The fraction of sp³-hybridized carbons (Fsp3) is 0.171. The van der Waals surface area contributed by atoms with Gasteiger partial charge in [0.15, 0.2) is 11.6 Å². The SMILES string of the molecule is COc1ccc(C(=O)C2C(C(=O)c3ccc([N+](=O)[O-])cc3)N3c4ccccc4C(C)=CC3C23C(=O)Nc2ccccc23)cc1. The van der Waals surface area contributed by atoms with E-state index in [0.717, 1.165) is 16.8 Å². The lowest BCUT2D eigenvalue weighted by molar-refractivity contribution is -0.384. The molecule has 0 saturated carbocycles. The van der Waals surface area contributed by atoms with Crippen LogP contribution in [0.5, 0.6) is 5.75 Å². The molecule has 4 aromatic carbocycles. The molecule has 7 rings (SSSR count). The average Bonchev–Trinajstić information content (AvgIpc) is 3.52. The smallest absolute Gasteiger partial charge is 0.269 e. The second-order valence-corrected chi connectivity index (χ2v) is 11.3. The van der Waals surface area contributed by atoms with Crippen LogP contribution in [0.2, 0.25) is 0 Å². The number of nitro groups is 1. The number of para-hydroxylation sites is 2. The van der Waals surface area contributed by atoms with Crippen molar-refractivity contribution in [3.8, 4) is 5.75 Å². The first-order chi connectivity index (χ1) is 21.3. The molecule has 0 aromatic heterocycles. The van der Waals surface area contributed by atoms with Crippen molar-refractivity contribution in [3.05, 3.63) is 136 Å². The maximum absolute atomic E-state index is 14.9. The zero-order valence-electron chi connectivity index (χ0n) is 23.9. The number of carbonyl (C=O) groups is 3.